The van der Waals surface area contributed by atoms with E-state index in [0.29, 0.717) is 9.47 Å². The molecule has 0 aliphatic rings. The highest BCUT2D eigenvalue weighted by molar-refractivity contribution is 9.11. The van der Waals surface area contributed by atoms with Crippen LogP contribution in [0.15, 0.2) is 9.47 Å². The lowest BCUT2D eigenvalue weighted by Crippen LogP contribution is -2.27. The summed E-state index contributed by atoms with van der Waals surface area (Å²) in [6, 6.07) is 0. The predicted molar refractivity (Wildman–Crippen MR) is 57.1 cm³/mol. The van der Waals surface area contributed by atoms with Gasteiger partial charge in [0, 0.05) is 0 Å². The lowest BCUT2D eigenvalue weighted by atomic mass is 10.2. The number of halogens is 2. The van der Waals surface area contributed by atoms with Crippen molar-refractivity contribution in [1.82, 2.24) is 14.8 Å². The normalized spacial score (nSPS) is 11.5. The van der Waals surface area contributed by atoms with Gasteiger partial charge < -0.3 is 4.74 Å². The number of aromatic nitrogens is 3. The van der Waals surface area contributed by atoms with E-state index in [-0.39, 0.29) is 0 Å². The Bertz CT molecular complexity index is 356. The molecule has 0 saturated heterocycles. The van der Waals surface area contributed by atoms with Crippen molar-refractivity contribution in [2.75, 3.05) is 0 Å². The van der Waals surface area contributed by atoms with Gasteiger partial charge in [0.2, 0.25) is 9.47 Å². The van der Waals surface area contributed by atoms with Crippen LogP contribution in [0.3, 0.4) is 0 Å². The van der Waals surface area contributed by atoms with Crippen molar-refractivity contribution in [3.05, 3.63) is 9.47 Å². The zero-order valence-corrected chi connectivity index (χ0v) is 11.1. The summed E-state index contributed by atoms with van der Waals surface area (Å²) in [7, 11) is 0. The average Bonchev–Trinajstić information content (AvgIpc) is 2.26. The molecule has 0 saturated carbocycles. The van der Waals surface area contributed by atoms with Crippen LogP contribution in [0.25, 0.3) is 0 Å². The number of hydrogen-bond acceptors (Lipinski definition) is 4. The minimum absolute atomic E-state index is 0.304. The number of hydrogen-bond donors (Lipinski definition) is 0. The first-order valence-corrected chi connectivity index (χ1v) is 5.39. The van der Waals surface area contributed by atoms with Crippen LogP contribution in [0.2, 0.25) is 0 Å². The predicted octanol–water partition coefficient (Wildman–Crippen LogP) is 2.59. The summed E-state index contributed by atoms with van der Waals surface area (Å²) in [6.07, 6.45) is -0.567. The second-order valence-electron chi connectivity index (χ2n) is 3.54. The molecule has 0 radical (unpaired) electrons. The Morgan fingerprint density at radius 3 is 2.36 bits per heavy atom. The molecule has 14 heavy (non-hydrogen) atoms. The monoisotopic (exact) mass is 325 g/mol. The van der Waals surface area contributed by atoms with Gasteiger partial charge in [0.15, 0.2) is 0 Å². The van der Waals surface area contributed by atoms with Gasteiger partial charge in [0.05, 0.1) is 0 Å². The highest BCUT2D eigenvalue weighted by Crippen LogP contribution is 2.14. The van der Waals surface area contributed by atoms with Crippen molar-refractivity contribution >= 4 is 38.0 Å². The summed E-state index contributed by atoms with van der Waals surface area (Å²) in [5.74, 6) is 0. The molecule has 0 N–H and O–H groups in total. The molecular weight excluding hydrogens is 318 g/mol. The van der Waals surface area contributed by atoms with E-state index in [9.17, 15) is 4.79 Å². The Morgan fingerprint density at radius 1 is 1.43 bits per heavy atom. The standard InChI is InChI=1S/C7H9Br2N3O2/c1-7(2,3)14-6(13)12-5(9)10-4(8)11-12/h1-3H3. The van der Waals surface area contributed by atoms with Gasteiger partial charge in [0.25, 0.3) is 0 Å². The number of carbonyl (C=O) groups excluding carboxylic acids is 1. The number of ether oxygens (including phenoxy) is 1. The van der Waals surface area contributed by atoms with Crippen molar-refractivity contribution in [2.24, 2.45) is 0 Å². The van der Waals surface area contributed by atoms with Crippen LogP contribution < -0.4 is 0 Å². The molecule has 0 unspecified atom stereocenters. The fourth-order valence-corrected chi connectivity index (χ4v) is 1.65. The van der Waals surface area contributed by atoms with E-state index >= 15 is 0 Å². The van der Waals surface area contributed by atoms with Crippen LogP contribution in [-0.2, 0) is 4.74 Å². The molecule has 0 spiro atoms. The van der Waals surface area contributed by atoms with Crippen LogP contribution in [0.1, 0.15) is 20.8 Å². The first-order chi connectivity index (χ1) is 6.29. The third-order valence-electron chi connectivity index (χ3n) is 1.11. The van der Waals surface area contributed by atoms with E-state index in [2.05, 4.69) is 41.9 Å². The van der Waals surface area contributed by atoms with Gasteiger partial charge in [-0.25, -0.2) is 4.79 Å². The number of carbonyl (C=O) groups is 1. The molecule has 0 aliphatic heterocycles. The van der Waals surface area contributed by atoms with E-state index in [1.54, 1.807) is 20.8 Å². The molecule has 0 amide bonds. The average molecular weight is 327 g/mol. The molecule has 5 nitrogen and oxygen atoms in total. The Kier molecular flexibility index (Phi) is 3.31. The van der Waals surface area contributed by atoms with Crippen molar-refractivity contribution in [3.8, 4) is 0 Å². The first kappa shape index (κ1) is 11.6. The lowest BCUT2D eigenvalue weighted by molar-refractivity contribution is 0.0509. The Morgan fingerprint density at radius 2 is 2.00 bits per heavy atom. The molecule has 0 bridgehead atoms. The summed E-state index contributed by atoms with van der Waals surface area (Å²) in [6.45, 7) is 5.35. The van der Waals surface area contributed by atoms with Crippen LogP contribution in [0.4, 0.5) is 4.79 Å². The van der Waals surface area contributed by atoms with E-state index in [1.807, 2.05) is 0 Å². The smallest absolute Gasteiger partial charge is 0.437 e. The lowest BCUT2D eigenvalue weighted by Gasteiger charge is -2.18. The van der Waals surface area contributed by atoms with Crippen molar-refractivity contribution in [2.45, 2.75) is 26.4 Å². The minimum atomic E-state index is -0.567. The second kappa shape index (κ2) is 3.98. The zero-order valence-electron chi connectivity index (χ0n) is 7.91. The molecular formula is C7H9Br2N3O2. The highest BCUT2D eigenvalue weighted by Gasteiger charge is 2.21. The summed E-state index contributed by atoms with van der Waals surface area (Å²) >= 11 is 6.13. The molecule has 0 aliphatic carbocycles. The van der Waals surface area contributed by atoms with Crippen LogP contribution in [0, 0.1) is 0 Å². The fraction of sp³-hybridized carbons (Fsp3) is 0.571. The molecule has 0 aromatic carbocycles. The summed E-state index contributed by atoms with van der Waals surface area (Å²) in [5, 5.41) is 3.80. The SMILES string of the molecule is CC(C)(C)OC(=O)n1nc(Br)nc1Br. The Labute approximate surface area is 98.1 Å². The minimum Gasteiger partial charge on any atom is -0.442 e. The summed E-state index contributed by atoms with van der Waals surface area (Å²) < 4.78 is 6.76. The number of rotatable bonds is 0. The molecule has 1 heterocycles. The maximum absolute atomic E-state index is 11.5. The summed E-state index contributed by atoms with van der Waals surface area (Å²) in [5.41, 5.74) is -0.547. The van der Waals surface area contributed by atoms with Gasteiger partial charge in [-0.2, -0.15) is 4.98 Å². The molecule has 78 valence electrons. The van der Waals surface area contributed by atoms with Gasteiger partial charge in [-0.15, -0.1) is 9.78 Å². The van der Waals surface area contributed by atoms with E-state index < -0.39 is 11.7 Å². The van der Waals surface area contributed by atoms with Crippen LogP contribution in [0.5, 0.6) is 0 Å². The highest BCUT2D eigenvalue weighted by atomic mass is 79.9. The maximum atomic E-state index is 11.5. The Balaban J connectivity index is 2.85. The zero-order chi connectivity index (χ0) is 10.9. The van der Waals surface area contributed by atoms with Crippen molar-refractivity contribution in [3.63, 3.8) is 0 Å². The van der Waals surface area contributed by atoms with Gasteiger partial charge in [-0.1, -0.05) is 0 Å². The van der Waals surface area contributed by atoms with Crippen LogP contribution in [-0.4, -0.2) is 26.5 Å². The largest absolute Gasteiger partial charge is 0.442 e. The van der Waals surface area contributed by atoms with Gasteiger partial charge in [-0.3, -0.25) is 0 Å². The molecule has 7 heteroatoms. The van der Waals surface area contributed by atoms with Crippen LogP contribution >= 0.6 is 31.9 Å². The van der Waals surface area contributed by atoms with Gasteiger partial charge in [0.1, 0.15) is 5.60 Å². The molecule has 1 rings (SSSR count). The van der Waals surface area contributed by atoms with Gasteiger partial charge in [-0.05, 0) is 52.6 Å². The number of nitrogens with zero attached hydrogens (tertiary/aromatic N) is 3. The Hall–Kier alpha value is -0.430. The van der Waals surface area contributed by atoms with Gasteiger partial charge >= 0.3 is 6.09 Å². The third-order valence-corrected chi connectivity index (χ3v) is 1.96. The van der Waals surface area contributed by atoms with E-state index in [1.165, 1.54) is 0 Å². The van der Waals surface area contributed by atoms with E-state index in [0.717, 1.165) is 4.68 Å². The topological polar surface area (TPSA) is 57.0 Å². The molecule has 0 atom stereocenters. The molecule has 0 fully saturated rings. The summed E-state index contributed by atoms with van der Waals surface area (Å²) in [4.78, 5) is 15.3. The maximum Gasteiger partial charge on any atom is 0.437 e. The fourth-order valence-electron chi connectivity index (χ4n) is 0.691. The third kappa shape index (κ3) is 3.06. The molecule has 1 aromatic heterocycles. The van der Waals surface area contributed by atoms with Crippen molar-refractivity contribution < 1.29 is 9.53 Å². The first-order valence-electron chi connectivity index (χ1n) is 3.81. The van der Waals surface area contributed by atoms with Crippen molar-refractivity contribution in [1.29, 1.82) is 0 Å². The second-order valence-corrected chi connectivity index (χ2v) is 4.96. The van der Waals surface area contributed by atoms with E-state index in [4.69, 9.17) is 4.74 Å². The quantitative estimate of drug-likeness (QED) is 0.735. The molecule has 1 aromatic rings.